The number of rotatable bonds is 7. The summed E-state index contributed by atoms with van der Waals surface area (Å²) in [5.74, 6) is 3.10. The number of nitrogens with one attached hydrogen (secondary N) is 1. The quantitative estimate of drug-likeness (QED) is 0.646. The molecule has 0 aliphatic heterocycles. The fraction of sp³-hybridized carbons (Fsp3) is 0.867. The van der Waals surface area contributed by atoms with E-state index in [1.165, 1.54) is 51.5 Å². The number of hydrogen-bond donors (Lipinski definition) is 1. The van der Waals surface area contributed by atoms with Crippen molar-refractivity contribution < 1.29 is 0 Å². The molecule has 1 nitrogen and oxygen atoms in total. The highest BCUT2D eigenvalue weighted by Gasteiger charge is 2.42. The highest BCUT2D eigenvalue weighted by molar-refractivity contribution is 4.95. The molecule has 0 aromatic heterocycles. The molecule has 2 aliphatic carbocycles. The van der Waals surface area contributed by atoms with E-state index in [2.05, 4.69) is 24.9 Å². The highest BCUT2D eigenvalue weighted by atomic mass is 14.9. The topological polar surface area (TPSA) is 12.0 Å². The third kappa shape index (κ3) is 2.68. The normalized spacial score (nSPS) is 34.2. The Morgan fingerprint density at radius 3 is 2.81 bits per heavy atom. The lowest BCUT2D eigenvalue weighted by atomic mass is 9.81. The zero-order chi connectivity index (χ0) is 11.4. The average molecular weight is 221 g/mol. The van der Waals surface area contributed by atoms with E-state index < -0.39 is 0 Å². The van der Waals surface area contributed by atoms with Crippen LogP contribution in [0.3, 0.4) is 0 Å². The van der Waals surface area contributed by atoms with Gasteiger partial charge in [0, 0.05) is 6.04 Å². The summed E-state index contributed by atoms with van der Waals surface area (Å²) in [5, 5.41) is 3.78. The summed E-state index contributed by atoms with van der Waals surface area (Å²) in [6.45, 7) is 7.31. The first kappa shape index (κ1) is 12.2. The average Bonchev–Trinajstić information content (AvgIpc) is 2.91. The molecule has 1 heteroatoms. The van der Waals surface area contributed by atoms with Gasteiger partial charge in [0.25, 0.3) is 0 Å². The Bertz CT molecular complexity index is 223. The van der Waals surface area contributed by atoms with Crippen LogP contribution >= 0.6 is 0 Å². The van der Waals surface area contributed by atoms with Crippen LogP contribution < -0.4 is 5.32 Å². The Hall–Kier alpha value is -0.300. The summed E-state index contributed by atoms with van der Waals surface area (Å²) in [7, 11) is 0. The molecule has 0 heterocycles. The van der Waals surface area contributed by atoms with E-state index in [1.807, 2.05) is 0 Å². The van der Waals surface area contributed by atoms with Crippen LogP contribution in [0.1, 0.15) is 51.9 Å². The van der Waals surface area contributed by atoms with Gasteiger partial charge >= 0.3 is 0 Å². The fourth-order valence-electron chi connectivity index (χ4n) is 3.88. The molecule has 2 fully saturated rings. The Balaban J connectivity index is 1.87. The van der Waals surface area contributed by atoms with Gasteiger partial charge in [-0.15, -0.1) is 6.58 Å². The van der Waals surface area contributed by atoms with Crippen molar-refractivity contribution in [2.45, 2.75) is 57.9 Å². The lowest BCUT2D eigenvalue weighted by molar-refractivity contribution is 0.239. The molecule has 92 valence electrons. The Labute approximate surface area is 101 Å². The monoisotopic (exact) mass is 221 g/mol. The minimum atomic E-state index is 0.772. The van der Waals surface area contributed by atoms with Crippen LogP contribution in [0, 0.1) is 17.8 Å². The van der Waals surface area contributed by atoms with Crippen molar-refractivity contribution in [1.29, 1.82) is 0 Å². The van der Waals surface area contributed by atoms with Gasteiger partial charge in [-0.05, 0) is 62.8 Å². The SMILES string of the molecule is C=CCCC(NCCC)C1CC2CCC1C2. The summed E-state index contributed by atoms with van der Waals surface area (Å²) in [4.78, 5) is 0. The van der Waals surface area contributed by atoms with Gasteiger partial charge < -0.3 is 5.32 Å². The summed E-state index contributed by atoms with van der Waals surface area (Å²) < 4.78 is 0. The smallest absolute Gasteiger partial charge is 0.0101 e. The van der Waals surface area contributed by atoms with Crippen molar-refractivity contribution in [2.75, 3.05) is 6.54 Å². The molecule has 1 N–H and O–H groups in total. The van der Waals surface area contributed by atoms with E-state index >= 15 is 0 Å². The molecule has 16 heavy (non-hydrogen) atoms. The second-order valence-corrected chi connectivity index (χ2v) is 5.77. The second kappa shape index (κ2) is 5.86. The molecule has 0 aromatic carbocycles. The zero-order valence-corrected chi connectivity index (χ0v) is 10.8. The second-order valence-electron chi connectivity index (χ2n) is 5.77. The first-order valence-electron chi connectivity index (χ1n) is 7.19. The van der Waals surface area contributed by atoms with Crippen molar-refractivity contribution in [2.24, 2.45) is 17.8 Å². The molecule has 2 bridgehead atoms. The first-order valence-corrected chi connectivity index (χ1v) is 7.19. The van der Waals surface area contributed by atoms with Crippen LogP contribution in [0.5, 0.6) is 0 Å². The van der Waals surface area contributed by atoms with Crippen molar-refractivity contribution >= 4 is 0 Å². The Morgan fingerprint density at radius 1 is 1.38 bits per heavy atom. The third-order valence-electron chi connectivity index (χ3n) is 4.65. The Morgan fingerprint density at radius 2 is 2.25 bits per heavy atom. The van der Waals surface area contributed by atoms with Gasteiger partial charge in [-0.1, -0.05) is 19.4 Å². The van der Waals surface area contributed by atoms with Gasteiger partial charge in [0.05, 0.1) is 0 Å². The van der Waals surface area contributed by atoms with E-state index in [0.29, 0.717) is 0 Å². The molecular weight excluding hydrogens is 194 g/mol. The Kier molecular flexibility index (Phi) is 4.45. The molecule has 2 rings (SSSR count). The van der Waals surface area contributed by atoms with Crippen LogP contribution in [-0.4, -0.2) is 12.6 Å². The van der Waals surface area contributed by atoms with E-state index in [0.717, 1.165) is 23.8 Å². The minimum Gasteiger partial charge on any atom is -0.314 e. The fourth-order valence-corrected chi connectivity index (χ4v) is 3.88. The van der Waals surface area contributed by atoms with E-state index in [1.54, 1.807) is 0 Å². The van der Waals surface area contributed by atoms with Gasteiger partial charge in [0.1, 0.15) is 0 Å². The number of allylic oxidation sites excluding steroid dienone is 1. The molecular formula is C15H27N. The van der Waals surface area contributed by atoms with Crippen LogP contribution in [0.25, 0.3) is 0 Å². The third-order valence-corrected chi connectivity index (χ3v) is 4.65. The van der Waals surface area contributed by atoms with Crippen molar-refractivity contribution in [1.82, 2.24) is 5.32 Å². The predicted molar refractivity (Wildman–Crippen MR) is 70.5 cm³/mol. The molecule has 0 radical (unpaired) electrons. The summed E-state index contributed by atoms with van der Waals surface area (Å²) >= 11 is 0. The maximum Gasteiger partial charge on any atom is 0.0101 e. The lowest BCUT2D eigenvalue weighted by Gasteiger charge is -2.31. The van der Waals surface area contributed by atoms with Gasteiger partial charge in [-0.25, -0.2) is 0 Å². The molecule has 2 saturated carbocycles. The van der Waals surface area contributed by atoms with E-state index in [9.17, 15) is 0 Å². The molecule has 2 aliphatic rings. The molecule has 0 saturated heterocycles. The van der Waals surface area contributed by atoms with E-state index in [4.69, 9.17) is 0 Å². The van der Waals surface area contributed by atoms with Gasteiger partial charge in [-0.2, -0.15) is 0 Å². The van der Waals surface area contributed by atoms with Crippen LogP contribution in [0.15, 0.2) is 12.7 Å². The maximum absolute atomic E-state index is 3.86. The first-order chi connectivity index (χ1) is 7.85. The molecule has 0 spiro atoms. The predicted octanol–water partition coefficient (Wildman–Crippen LogP) is 3.76. The standard InChI is InChI=1S/C15H27N/c1-3-5-6-15(16-9-4-2)14-11-12-7-8-13(14)10-12/h3,12-16H,1,4-11H2,2H3. The van der Waals surface area contributed by atoms with Gasteiger partial charge in [0.15, 0.2) is 0 Å². The molecule has 0 aromatic rings. The lowest BCUT2D eigenvalue weighted by Crippen LogP contribution is -2.39. The molecule has 0 amide bonds. The van der Waals surface area contributed by atoms with Crippen molar-refractivity contribution in [3.63, 3.8) is 0 Å². The highest BCUT2D eigenvalue weighted by Crippen LogP contribution is 2.50. The van der Waals surface area contributed by atoms with E-state index in [-0.39, 0.29) is 0 Å². The van der Waals surface area contributed by atoms with Crippen molar-refractivity contribution in [3.05, 3.63) is 12.7 Å². The van der Waals surface area contributed by atoms with Gasteiger partial charge in [-0.3, -0.25) is 0 Å². The van der Waals surface area contributed by atoms with Crippen LogP contribution in [-0.2, 0) is 0 Å². The summed E-state index contributed by atoms with van der Waals surface area (Å²) in [5.41, 5.74) is 0. The summed E-state index contributed by atoms with van der Waals surface area (Å²) in [6.07, 6.45) is 11.9. The maximum atomic E-state index is 3.86. The number of hydrogen-bond acceptors (Lipinski definition) is 1. The molecule has 4 unspecified atom stereocenters. The van der Waals surface area contributed by atoms with Crippen LogP contribution in [0.2, 0.25) is 0 Å². The summed E-state index contributed by atoms with van der Waals surface area (Å²) in [6, 6.07) is 0.772. The van der Waals surface area contributed by atoms with Crippen molar-refractivity contribution in [3.8, 4) is 0 Å². The van der Waals surface area contributed by atoms with Crippen LogP contribution in [0.4, 0.5) is 0 Å². The van der Waals surface area contributed by atoms with Gasteiger partial charge in [0.2, 0.25) is 0 Å². The largest absolute Gasteiger partial charge is 0.314 e. The molecule has 4 atom stereocenters. The number of fused-ring (bicyclic) bond motifs is 2. The zero-order valence-electron chi connectivity index (χ0n) is 10.8. The minimum absolute atomic E-state index is 0.772.